The Morgan fingerprint density at radius 1 is 1.27 bits per heavy atom. The van der Waals surface area contributed by atoms with Crippen LogP contribution in [0.15, 0.2) is 34.2 Å². The van der Waals surface area contributed by atoms with E-state index in [1.165, 1.54) is 11.8 Å². The number of hydrogen-bond donors (Lipinski definition) is 1. The average Bonchev–Trinajstić information content (AvgIpc) is 2.31. The summed E-state index contributed by atoms with van der Waals surface area (Å²) in [6.45, 7) is 4.00. The van der Waals surface area contributed by atoms with E-state index in [1.807, 2.05) is 38.3 Å². The lowest BCUT2D eigenvalue weighted by Crippen LogP contribution is -2.08. The van der Waals surface area contributed by atoms with Gasteiger partial charge < -0.3 is 4.98 Å². The number of benzene rings is 1. The summed E-state index contributed by atoms with van der Waals surface area (Å²) in [4.78, 5) is 18.4. The first-order chi connectivity index (χ1) is 7.31. The number of fused-ring (bicyclic) bond motifs is 1. The molecule has 0 unspecified atom stereocenters. The first kappa shape index (κ1) is 11.8. The van der Waals surface area contributed by atoms with Crippen LogP contribution >= 0.6 is 11.8 Å². The van der Waals surface area contributed by atoms with Crippen LogP contribution in [0.2, 0.25) is 0 Å². The molecule has 0 radical (unpaired) electrons. The van der Waals surface area contributed by atoms with E-state index in [1.54, 1.807) is 6.07 Å². The van der Waals surface area contributed by atoms with Gasteiger partial charge in [0, 0.05) is 0 Å². The van der Waals surface area contributed by atoms with Crippen LogP contribution in [-0.4, -0.2) is 16.2 Å². The lowest BCUT2D eigenvalue weighted by Gasteiger charge is -1.98. The number of para-hydroxylation sites is 1. The minimum Gasteiger partial charge on any atom is -0.301 e. The van der Waals surface area contributed by atoms with Gasteiger partial charge in [-0.3, -0.25) is 4.79 Å². The van der Waals surface area contributed by atoms with Crippen molar-refractivity contribution in [2.75, 3.05) is 6.26 Å². The van der Waals surface area contributed by atoms with Crippen LogP contribution in [0.4, 0.5) is 0 Å². The fourth-order valence-corrected chi connectivity index (χ4v) is 1.55. The average molecular weight is 222 g/mol. The van der Waals surface area contributed by atoms with Gasteiger partial charge in [0.05, 0.1) is 10.9 Å². The Hall–Kier alpha value is -1.29. The highest BCUT2D eigenvalue weighted by molar-refractivity contribution is 7.98. The fourth-order valence-electron chi connectivity index (χ4n) is 1.16. The number of H-pyrrole nitrogens is 1. The van der Waals surface area contributed by atoms with Crippen LogP contribution in [-0.2, 0) is 0 Å². The fraction of sp³-hybridized carbons (Fsp3) is 0.273. The highest BCUT2D eigenvalue weighted by Gasteiger charge is 2.00. The summed E-state index contributed by atoms with van der Waals surface area (Å²) >= 11 is 1.43. The molecule has 0 spiro atoms. The van der Waals surface area contributed by atoms with Gasteiger partial charge >= 0.3 is 0 Å². The molecule has 0 saturated carbocycles. The standard InChI is InChI=1S/C9H8N2OS.C2H6/c1-13-9-10-7-5-3-2-4-6(7)8(12)11-9;1-2/h2-5H,1H3,(H,10,11,12);1-2H3. The maximum atomic E-state index is 11.4. The molecule has 0 aliphatic heterocycles. The van der Waals surface area contributed by atoms with Crippen molar-refractivity contribution in [3.05, 3.63) is 34.6 Å². The molecule has 80 valence electrons. The summed E-state index contributed by atoms with van der Waals surface area (Å²) < 4.78 is 0. The quantitative estimate of drug-likeness (QED) is 0.596. The highest BCUT2D eigenvalue weighted by atomic mass is 32.2. The summed E-state index contributed by atoms with van der Waals surface area (Å²) in [6.07, 6.45) is 1.88. The van der Waals surface area contributed by atoms with Gasteiger partial charge in [0.2, 0.25) is 0 Å². The lowest BCUT2D eigenvalue weighted by molar-refractivity contribution is 0.978. The number of thioether (sulfide) groups is 1. The normalized spacial score (nSPS) is 9.53. The van der Waals surface area contributed by atoms with Crippen molar-refractivity contribution in [2.24, 2.45) is 0 Å². The largest absolute Gasteiger partial charge is 0.301 e. The molecular formula is C11H14N2OS. The molecule has 1 aromatic heterocycles. The van der Waals surface area contributed by atoms with Gasteiger partial charge in [-0.05, 0) is 18.4 Å². The van der Waals surface area contributed by atoms with E-state index in [2.05, 4.69) is 9.97 Å². The maximum absolute atomic E-state index is 11.4. The summed E-state index contributed by atoms with van der Waals surface area (Å²) in [5.74, 6) is 0. The van der Waals surface area contributed by atoms with E-state index < -0.39 is 0 Å². The molecule has 0 amide bonds. The molecule has 1 heterocycles. The van der Waals surface area contributed by atoms with Gasteiger partial charge in [-0.1, -0.05) is 37.7 Å². The Kier molecular flexibility index (Phi) is 4.37. The Labute approximate surface area is 92.9 Å². The molecule has 1 N–H and O–H groups in total. The number of hydrogen-bond acceptors (Lipinski definition) is 3. The predicted molar refractivity (Wildman–Crippen MR) is 65.5 cm³/mol. The molecular weight excluding hydrogens is 208 g/mol. The van der Waals surface area contributed by atoms with Crippen LogP contribution < -0.4 is 5.56 Å². The molecule has 1 aromatic carbocycles. The monoisotopic (exact) mass is 222 g/mol. The second-order valence-corrected chi connectivity index (χ2v) is 3.39. The molecule has 0 aliphatic carbocycles. The zero-order valence-electron chi connectivity index (χ0n) is 9.07. The van der Waals surface area contributed by atoms with E-state index in [0.29, 0.717) is 10.5 Å². The Bertz CT molecular complexity index is 493. The van der Waals surface area contributed by atoms with Crippen LogP contribution in [0.3, 0.4) is 0 Å². The molecule has 0 saturated heterocycles. The number of nitrogens with zero attached hydrogens (tertiary/aromatic N) is 1. The van der Waals surface area contributed by atoms with Crippen LogP contribution in [0.25, 0.3) is 10.9 Å². The number of aromatic amines is 1. The van der Waals surface area contributed by atoms with Crippen molar-refractivity contribution in [1.82, 2.24) is 9.97 Å². The molecule has 0 fully saturated rings. The number of rotatable bonds is 1. The maximum Gasteiger partial charge on any atom is 0.259 e. The molecule has 2 aromatic rings. The predicted octanol–water partition coefficient (Wildman–Crippen LogP) is 2.67. The van der Waals surface area contributed by atoms with Gasteiger partial charge in [-0.15, -0.1) is 0 Å². The van der Waals surface area contributed by atoms with Crippen LogP contribution in [0.1, 0.15) is 13.8 Å². The molecule has 0 bridgehead atoms. The smallest absolute Gasteiger partial charge is 0.259 e. The van der Waals surface area contributed by atoms with Crippen molar-refractivity contribution >= 4 is 22.7 Å². The minimum atomic E-state index is -0.0741. The van der Waals surface area contributed by atoms with Crippen molar-refractivity contribution in [1.29, 1.82) is 0 Å². The topological polar surface area (TPSA) is 45.8 Å². The van der Waals surface area contributed by atoms with Gasteiger partial charge in [0.15, 0.2) is 5.16 Å². The number of nitrogens with one attached hydrogen (secondary N) is 1. The molecule has 0 atom stereocenters. The van der Waals surface area contributed by atoms with Gasteiger partial charge in [0.25, 0.3) is 5.56 Å². The minimum absolute atomic E-state index is 0.0741. The molecule has 3 nitrogen and oxygen atoms in total. The molecule has 15 heavy (non-hydrogen) atoms. The zero-order chi connectivity index (χ0) is 11.3. The van der Waals surface area contributed by atoms with E-state index in [9.17, 15) is 4.79 Å². The first-order valence-corrected chi connectivity index (χ1v) is 6.07. The summed E-state index contributed by atoms with van der Waals surface area (Å²) in [5, 5.41) is 1.30. The van der Waals surface area contributed by atoms with Gasteiger partial charge in [-0.2, -0.15) is 0 Å². The first-order valence-electron chi connectivity index (χ1n) is 4.84. The highest BCUT2D eigenvalue weighted by Crippen LogP contribution is 2.10. The van der Waals surface area contributed by atoms with E-state index in [-0.39, 0.29) is 5.56 Å². The van der Waals surface area contributed by atoms with Gasteiger partial charge in [0.1, 0.15) is 0 Å². The van der Waals surface area contributed by atoms with E-state index in [0.717, 1.165) is 5.52 Å². The number of aromatic nitrogens is 2. The van der Waals surface area contributed by atoms with Crippen molar-refractivity contribution in [3.63, 3.8) is 0 Å². The lowest BCUT2D eigenvalue weighted by atomic mass is 10.2. The second-order valence-electron chi connectivity index (χ2n) is 2.59. The van der Waals surface area contributed by atoms with E-state index >= 15 is 0 Å². The second kappa shape index (κ2) is 5.56. The third-order valence-electron chi connectivity index (χ3n) is 1.78. The summed E-state index contributed by atoms with van der Waals surface area (Å²) in [7, 11) is 0. The van der Waals surface area contributed by atoms with Crippen LogP contribution in [0.5, 0.6) is 0 Å². The summed E-state index contributed by atoms with van der Waals surface area (Å²) in [5.41, 5.74) is 0.672. The van der Waals surface area contributed by atoms with Crippen molar-refractivity contribution in [3.8, 4) is 0 Å². The summed E-state index contributed by atoms with van der Waals surface area (Å²) in [6, 6.07) is 7.31. The molecule has 2 rings (SSSR count). The zero-order valence-corrected chi connectivity index (χ0v) is 9.89. The SMILES string of the molecule is CC.CSc1nc2ccccc2c(=O)[nH]1. The Morgan fingerprint density at radius 2 is 1.93 bits per heavy atom. The van der Waals surface area contributed by atoms with Gasteiger partial charge in [-0.25, -0.2) is 4.98 Å². The van der Waals surface area contributed by atoms with Crippen molar-refractivity contribution < 1.29 is 0 Å². The third-order valence-corrected chi connectivity index (χ3v) is 2.36. The van der Waals surface area contributed by atoms with Crippen LogP contribution in [0, 0.1) is 0 Å². The molecule has 0 aliphatic rings. The Balaban J connectivity index is 0.000000531. The Morgan fingerprint density at radius 3 is 2.60 bits per heavy atom. The van der Waals surface area contributed by atoms with Crippen molar-refractivity contribution in [2.45, 2.75) is 19.0 Å². The third kappa shape index (κ3) is 2.59. The molecule has 4 heteroatoms. The van der Waals surface area contributed by atoms with E-state index in [4.69, 9.17) is 0 Å².